The SMILES string of the molecule is CC(N)C(=O)n1c(C(=O)O)cc2occc21. The zero-order valence-electron chi connectivity index (χ0n) is 8.51. The van der Waals surface area contributed by atoms with Gasteiger partial charge in [0.1, 0.15) is 5.69 Å². The van der Waals surface area contributed by atoms with E-state index < -0.39 is 17.9 Å². The predicted molar refractivity (Wildman–Crippen MR) is 55.4 cm³/mol. The van der Waals surface area contributed by atoms with Crippen molar-refractivity contribution in [2.45, 2.75) is 13.0 Å². The molecule has 0 aliphatic rings. The molecule has 0 aromatic carbocycles. The maximum Gasteiger partial charge on any atom is 0.353 e. The third-order valence-corrected chi connectivity index (χ3v) is 2.25. The lowest BCUT2D eigenvalue weighted by Crippen LogP contribution is -2.33. The Bertz CT molecular complexity index is 564. The summed E-state index contributed by atoms with van der Waals surface area (Å²) in [5.41, 5.74) is 6.09. The fourth-order valence-corrected chi connectivity index (χ4v) is 1.52. The van der Waals surface area contributed by atoms with E-state index in [9.17, 15) is 9.59 Å². The molecule has 0 amide bonds. The number of nitrogens with two attached hydrogens (primary N) is 1. The van der Waals surface area contributed by atoms with Crippen LogP contribution in [0.15, 0.2) is 22.8 Å². The van der Waals surface area contributed by atoms with Crippen LogP contribution in [-0.2, 0) is 0 Å². The monoisotopic (exact) mass is 222 g/mol. The van der Waals surface area contributed by atoms with E-state index in [1.54, 1.807) is 0 Å². The highest BCUT2D eigenvalue weighted by Crippen LogP contribution is 2.21. The Balaban J connectivity index is 2.71. The molecule has 0 bridgehead atoms. The van der Waals surface area contributed by atoms with Crippen LogP contribution < -0.4 is 5.73 Å². The zero-order chi connectivity index (χ0) is 11.9. The lowest BCUT2D eigenvalue weighted by molar-refractivity contribution is 0.0672. The van der Waals surface area contributed by atoms with Gasteiger partial charge in [-0.15, -0.1) is 0 Å². The molecule has 0 saturated carbocycles. The van der Waals surface area contributed by atoms with Gasteiger partial charge in [-0.3, -0.25) is 9.36 Å². The van der Waals surface area contributed by atoms with E-state index in [1.807, 2.05) is 0 Å². The molecule has 2 aromatic heterocycles. The van der Waals surface area contributed by atoms with Gasteiger partial charge in [0, 0.05) is 12.1 Å². The summed E-state index contributed by atoms with van der Waals surface area (Å²) < 4.78 is 6.10. The highest BCUT2D eigenvalue weighted by atomic mass is 16.4. The number of hydrogen-bond donors (Lipinski definition) is 2. The lowest BCUT2D eigenvalue weighted by atomic mass is 10.3. The molecule has 16 heavy (non-hydrogen) atoms. The maximum atomic E-state index is 11.8. The van der Waals surface area contributed by atoms with Crippen molar-refractivity contribution in [3.8, 4) is 0 Å². The molecule has 2 aromatic rings. The van der Waals surface area contributed by atoms with Crippen LogP contribution in [0.1, 0.15) is 22.2 Å². The molecule has 0 aliphatic heterocycles. The minimum atomic E-state index is -1.19. The van der Waals surface area contributed by atoms with E-state index in [0.29, 0.717) is 11.1 Å². The van der Waals surface area contributed by atoms with E-state index in [1.165, 1.54) is 25.3 Å². The van der Waals surface area contributed by atoms with Crippen molar-refractivity contribution in [2.24, 2.45) is 5.73 Å². The first-order chi connectivity index (χ1) is 7.52. The molecule has 0 saturated heterocycles. The Morgan fingerprint density at radius 1 is 1.56 bits per heavy atom. The zero-order valence-corrected chi connectivity index (χ0v) is 8.51. The summed E-state index contributed by atoms with van der Waals surface area (Å²) in [4.78, 5) is 22.7. The lowest BCUT2D eigenvalue weighted by Gasteiger charge is -2.07. The van der Waals surface area contributed by atoms with E-state index in [0.717, 1.165) is 4.57 Å². The third-order valence-electron chi connectivity index (χ3n) is 2.25. The molecule has 6 heteroatoms. The minimum absolute atomic E-state index is 0.142. The van der Waals surface area contributed by atoms with Gasteiger partial charge in [0.15, 0.2) is 5.58 Å². The Labute approximate surface area is 90.2 Å². The second kappa shape index (κ2) is 3.49. The number of carbonyl (C=O) groups excluding carboxylic acids is 1. The fraction of sp³-hybridized carbons (Fsp3) is 0.200. The summed E-state index contributed by atoms with van der Waals surface area (Å²) in [6.07, 6.45) is 1.39. The smallest absolute Gasteiger partial charge is 0.353 e. The molecular weight excluding hydrogens is 212 g/mol. The predicted octanol–water partition coefficient (Wildman–Crippen LogP) is 0.920. The van der Waals surface area contributed by atoms with Crippen LogP contribution in [0, 0.1) is 0 Å². The van der Waals surface area contributed by atoms with Gasteiger partial charge < -0.3 is 15.3 Å². The number of furan rings is 1. The van der Waals surface area contributed by atoms with Crippen molar-refractivity contribution in [1.82, 2.24) is 4.57 Å². The van der Waals surface area contributed by atoms with Gasteiger partial charge in [-0.2, -0.15) is 0 Å². The van der Waals surface area contributed by atoms with Crippen molar-refractivity contribution < 1.29 is 19.1 Å². The van der Waals surface area contributed by atoms with Crippen LogP contribution in [0.2, 0.25) is 0 Å². The van der Waals surface area contributed by atoms with Crippen molar-refractivity contribution >= 4 is 23.0 Å². The highest BCUT2D eigenvalue weighted by Gasteiger charge is 2.23. The van der Waals surface area contributed by atoms with Crippen LogP contribution >= 0.6 is 0 Å². The normalized spacial score (nSPS) is 12.9. The quantitative estimate of drug-likeness (QED) is 0.787. The number of rotatable bonds is 2. The second-order valence-electron chi connectivity index (χ2n) is 3.47. The van der Waals surface area contributed by atoms with Crippen LogP contribution in [0.5, 0.6) is 0 Å². The van der Waals surface area contributed by atoms with Crippen LogP contribution in [0.3, 0.4) is 0 Å². The second-order valence-corrected chi connectivity index (χ2v) is 3.47. The molecule has 2 rings (SSSR count). The van der Waals surface area contributed by atoms with Crippen molar-refractivity contribution in [1.29, 1.82) is 0 Å². The largest absolute Gasteiger partial charge is 0.477 e. The average Bonchev–Trinajstić information content (AvgIpc) is 2.74. The molecule has 1 unspecified atom stereocenters. The van der Waals surface area contributed by atoms with Gasteiger partial charge in [0.2, 0.25) is 5.91 Å². The summed E-state index contributed by atoms with van der Waals surface area (Å²) in [5, 5.41) is 8.96. The van der Waals surface area contributed by atoms with Gasteiger partial charge in [-0.1, -0.05) is 0 Å². The van der Waals surface area contributed by atoms with Gasteiger partial charge in [-0.25, -0.2) is 4.79 Å². The summed E-state index contributed by atoms with van der Waals surface area (Å²) in [6.45, 7) is 1.50. The molecule has 1 atom stereocenters. The molecule has 84 valence electrons. The van der Waals surface area contributed by atoms with Crippen LogP contribution in [-0.4, -0.2) is 27.6 Å². The number of aromatic carboxylic acids is 1. The molecule has 0 radical (unpaired) electrons. The summed E-state index contributed by atoms with van der Waals surface area (Å²) in [5.74, 6) is -1.67. The van der Waals surface area contributed by atoms with Crippen molar-refractivity contribution in [3.05, 3.63) is 24.1 Å². The van der Waals surface area contributed by atoms with Gasteiger partial charge >= 0.3 is 5.97 Å². The van der Waals surface area contributed by atoms with Crippen LogP contribution in [0.4, 0.5) is 0 Å². The topological polar surface area (TPSA) is 98.5 Å². The first kappa shape index (κ1) is 10.4. The number of carboxylic acids is 1. The highest BCUT2D eigenvalue weighted by molar-refractivity contribution is 6.02. The van der Waals surface area contributed by atoms with Gasteiger partial charge in [0.05, 0.1) is 17.8 Å². The average molecular weight is 222 g/mol. The third kappa shape index (κ3) is 1.40. The number of fused-ring (bicyclic) bond motifs is 1. The fourth-order valence-electron chi connectivity index (χ4n) is 1.52. The molecule has 0 aliphatic carbocycles. The molecular formula is C10H10N2O4. The number of carbonyl (C=O) groups is 2. The number of aromatic nitrogens is 1. The van der Waals surface area contributed by atoms with E-state index in [2.05, 4.69) is 0 Å². The number of nitrogens with zero attached hydrogens (tertiary/aromatic N) is 1. The molecule has 0 spiro atoms. The molecule has 6 nitrogen and oxygen atoms in total. The van der Waals surface area contributed by atoms with Gasteiger partial charge in [0.25, 0.3) is 0 Å². The first-order valence-electron chi connectivity index (χ1n) is 4.64. The van der Waals surface area contributed by atoms with E-state index in [4.69, 9.17) is 15.3 Å². The standard InChI is InChI=1S/C10H10N2O4/c1-5(11)9(13)12-6-2-3-16-8(6)4-7(12)10(14)15/h2-5H,11H2,1H3,(H,14,15). The Morgan fingerprint density at radius 3 is 2.81 bits per heavy atom. The summed E-state index contributed by atoms with van der Waals surface area (Å²) in [6, 6.07) is 2.06. The van der Waals surface area contributed by atoms with Crippen LogP contribution in [0.25, 0.3) is 11.1 Å². The van der Waals surface area contributed by atoms with Crippen molar-refractivity contribution in [3.63, 3.8) is 0 Å². The Hall–Kier alpha value is -2.08. The van der Waals surface area contributed by atoms with Crippen molar-refractivity contribution in [2.75, 3.05) is 0 Å². The Kier molecular flexibility index (Phi) is 2.28. The summed E-state index contributed by atoms with van der Waals surface area (Å²) >= 11 is 0. The first-order valence-corrected chi connectivity index (χ1v) is 4.64. The maximum absolute atomic E-state index is 11.8. The Morgan fingerprint density at radius 2 is 2.25 bits per heavy atom. The number of carboxylic acid groups (broad SMARTS) is 1. The van der Waals surface area contributed by atoms with E-state index in [-0.39, 0.29) is 5.69 Å². The molecule has 3 N–H and O–H groups in total. The van der Waals surface area contributed by atoms with Gasteiger partial charge in [-0.05, 0) is 6.92 Å². The summed E-state index contributed by atoms with van der Waals surface area (Å²) in [7, 11) is 0. The van der Waals surface area contributed by atoms with E-state index >= 15 is 0 Å². The molecule has 2 heterocycles. The number of hydrogen-bond acceptors (Lipinski definition) is 4. The molecule has 0 fully saturated rings. The minimum Gasteiger partial charge on any atom is -0.477 e.